The highest BCUT2D eigenvalue weighted by Crippen LogP contribution is 2.33. The van der Waals surface area contributed by atoms with Gasteiger partial charge in [0.1, 0.15) is 0 Å². The Morgan fingerprint density at radius 3 is 2.67 bits per heavy atom. The number of rotatable bonds is 3. The largest absolute Gasteiger partial charge is 0.351 e. The van der Waals surface area contributed by atoms with E-state index in [1.54, 1.807) is 0 Å². The lowest BCUT2D eigenvalue weighted by Gasteiger charge is -2.09. The van der Waals surface area contributed by atoms with E-state index in [0.717, 1.165) is 5.95 Å². The third-order valence-corrected chi connectivity index (χ3v) is 3.36. The lowest BCUT2D eigenvalue weighted by atomic mass is 10.0. The summed E-state index contributed by atoms with van der Waals surface area (Å²) in [6.45, 7) is 0. The summed E-state index contributed by atoms with van der Waals surface area (Å²) in [6.07, 6.45) is 9.78. The van der Waals surface area contributed by atoms with Crippen LogP contribution in [0.4, 0.5) is 5.95 Å². The van der Waals surface area contributed by atoms with Crippen molar-refractivity contribution in [1.29, 1.82) is 0 Å². The normalized spacial score (nSPS) is 21.9. The van der Waals surface area contributed by atoms with E-state index in [2.05, 4.69) is 21.4 Å². The molecule has 0 aromatic carbocycles. The van der Waals surface area contributed by atoms with Crippen LogP contribution in [0, 0.1) is 0 Å². The maximum absolute atomic E-state index is 4.61. The zero-order chi connectivity index (χ0) is 10.1. The molecule has 2 fully saturated rings. The van der Waals surface area contributed by atoms with Crippen LogP contribution in [0.1, 0.15) is 50.1 Å². The van der Waals surface area contributed by atoms with E-state index in [1.165, 1.54) is 44.2 Å². The molecule has 0 radical (unpaired) electrons. The van der Waals surface area contributed by atoms with Gasteiger partial charge >= 0.3 is 0 Å². The maximum atomic E-state index is 4.61. The van der Waals surface area contributed by atoms with E-state index in [0.29, 0.717) is 12.0 Å². The van der Waals surface area contributed by atoms with Gasteiger partial charge in [-0.2, -0.15) is 0 Å². The summed E-state index contributed by atoms with van der Waals surface area (Å²) in [5.74, 6) is 1.52. The minimum Gasteiger partial charge on any atom is -0.351 e. The first-order valence-corrected chi connectivity index (χ1v) is 6.01. The van der Waals surface area contributed by atoms with E-state index in [-0.39, 0.29) is 0 Å². The van der Waals surface area contributed by atoms with Crippen molar-refractivity contribution in [3.8, 4) is 0 Å². The van der Waals surface area contributed by atoms with Crippen LogP contribution in [-0.2, 0) is 0 Å². The summed E-state index contributed by atoms with van der Waals surface area (Å²) in [7, 11) is 0. The van der Waals surface area contributed by atoms with E-state index in [1.807, 2.05) is 6.20 Å². The average Bonchev–Trinajstić information content (AvgIpc) is 2.91. The molecule has 1 N–H and O–H groups in total. The Kier molecular flexibility index (Phi) is 2.31. The molecule has 0 unspecified atom stereocenters. The van der Waals surface area contributed by atoms with E-state index < -0.39 is 0 Å². The van der Waals surface area contributed by atoms with E-state index in [9.17, 15) is 0 Å². The Balaban J connectivity index is 1.75. The predicted molar refractivity (Wildman–Crippen MR) is 59.9 cm³/mol. The molecular formula is C12H17N3. The summed E-state index contributed by atoms with van der Waals surface area (Å²) in [6, 6.07) is 2.72. The molecule has 80 valence electrons. The van der Waals surface area contributed by atoms with Gasteiger partial charge in [0.2, 0.25) is 5.95 Å². The van der Waals surface area contributed by atoms with Gasteiger partial charge in [0.15, 0.2) is 0 Å². The second kappa shape index (κ2) is 3.80. The highest BCUT2D eigenvalue weighted by molar-refractivity contribution is 5.29. The Hall–Kier alpha value is -1.12. The summed E-state index contributed by atoms with van der Waals surface area (Å²) in [5.41, 5.74) is 1.24. The van der Waals surface area contributed by atoms with Crippen molar-refractivity contribution in [2.75, 3.05) is 5.32 Å². The topological polar surface area (TPSA) is 37.8 Å². The summed E-state index contributed by atoms with van der Waals surface area (Å²) in [4.78, 5) is 8.88. The van der Waals surface area contributed by atoms with Gasteiger partial charge < -0.3 is 5.32 Å². The summed E-state index contributed by atoms with van der Waals surface area (Å²) >= 11 is 0. The molecule has 2 saturated carbocycles. The summed E-state index contributed by atoms with van der Waals surface area (Å²) in [5, 5.41) is 3.36. The second-order valence-corrected chi connectivity index (χ2v) is 4.71. The third-order valence-electron chi connectivity index (χ3n) is 3.36. The third kappa shape index (κ3) is 2.11. The molecule has 0 aliphatic heterocycles. The Morgan fingerprint density at radius 1 is 1.13 bits per heavy atom. The van der Waals surface area contributed by atoms with Gasteiger partial charge in [-0.05, 0) is 31.7 Å². The number of aromatic nitrogens is 2. The molecular weight excluding hydrogens is 186 g/mol. The standard InChI is InChI=1S/C12H17N3/c1-2-4-9(3-1)11-7-8-13-12(15-11)14-10-5-6-10/h7-10H,1-6H2,(H,13,14,15). The lowest BCUT2D eigenvalue weighted by molar-refractivity contribution is 0.694. The molecule has 2 aliphatic rings. The molecule has 0 amide bonds. The Bertz CT molecular complexity index is 340. The highest BCUT2D eigenvalue weighted by atomic mass is 15.1. The van der Waals surface area contributed by atoms with Gasteiger partial charge in [0.25, 0.3) is 0 Å². The average molecular weight is 203 g/mol. The molecule has 15 heavy (non-hydrogen) atoms. The molecule has 0 spiro atoms. The van der Waals surface area contributed by atoms with Crippen molar-refractivity contribution in [3.63, 3.8) is 0 Å². The number of anilines is 1. The fourth-order valence-electron chi connectivity index (χ4n) is 2.30. The molecule has 1 aromatic rings. The first kappa shape index (κ1) is 9.13. The molecule has 3 nitrogen and oxygen atoms in total. The van der Waals surface area contributed by atoms with Crippen molar-refractivity contribution in [2.45, 2.75) is 50.5 Å². The number of nitrogens with one attached hydrogen (secondary N) is 1. The molecule has 0 bridgehead atoms. The Labute approximate surface area is 90.3 Å². The number of nitrogens with zero attached hydrogens (tertiary/aromatic N) is 2. The van der Waals surface area contributed by atoms with E-state index in [4.69, 9.17) is 0 Å². The van der Waals surface area contributed by atoms with Gasteiger partial charge in [-0.1, -0.05) is 12.8 Å². The first-order valence-electron chi connectivity index (χ1n) is 6.01. The van der Waals surface area contributed by atoms with Crippen molar-refractivity contribution >= 4 is 5.95 Å². The predicted octanol–water partition coefficient (Wildman–Crippen LogP) is 2.71. The van der Waals surface area contributed by atoms with Gasteiger partial charge in [-0.15, -0.1) is 0 Å². The molecule has 0 saturated heterocycles. The van der Waals surface area contributed by atoms with Crippen LogP contribution >= 0.6 is 0 Å². The monoisotopic (exact) mass is 203 g/mol. The molecule has 1 heterocycles. The fraction of sp³-hybridized carbons (Fsp3) is 0.667. The first-order chi connectivity index (χ1) is 7.42. The van der Waals surface area contributed by atoms with Gasteiger partial charge in [0, 0.05) is 23.9 Å². The van der Waals surface area contributed by atoms with Gasteiger partial charge in [0.05, 0.1) is 0 Å². The maximum Gasteiger partial charge on any atom is 0.223 e. The van der Waals surface area contributed by atoms with Crippen LogP contribution in [0.25, 0.3) is 0 Å². The van der Waals surface area contributed by atoms with Crippen LogP contribution in [0.15, 0.2) is 12.3 Å². The molecule has 1 aromatic heterocycles. The number of hydrogen-bond donors (Lipinski definition) is 1. The van der Waals surface area contributed by atoms with Gasteiger partial charge in [-0.3, -0.25) is 0 Å². The van der Waals surface area contributed by atoms with Crippen LogP contribution in [0.2, 0.25) is 0 Å². The van der Waals surface area contributed by atoms with Crippen LogP contribution in [0.5, 0.6) is 0 Å². The van der Waals surface area contributed by atoms with Crippen LogP contribution in [-0.4, -0.2) is 16.0 Å². The Morgan fingerprint density at radius 2 is 1.93 bits per heavy atom. The SMILES string of the molecule is c1cc(C2CCCC2)nc(NC2CC2)n1. The molecule has 3 rings (SSSR count). The zero-order valence-electron chi connectivity index (χ0n) is 8.95. The smallest absolute Gasteiger partial charge is 0.223 e. The van der Waals surface area contributed by atoms with Crippen molar-refractivity contribution in [1.82, 2.24) is 9.97 Å². The number of hydrogen-bond acceptors (Lipinski definition) is 3. The van der Waals surface area contributed by atoms with Crippen LogP contribution < -0.4 is 5.32 Å². The van der Waals surface area contributed by atoms with Crippen molar-refractivity contribution in [3.05, 3.63) is 18.0 Å². The highest BCUT2D eigenvalue weighted by Gasteiger charge is 2.23. The minimum atomic E-state index is 0.642. The fourth-order valence-corrected chi connectivity index (χ4v) is 2.30. The minimum absolute atomic E-state index is 0.642. The van der Waals surface area contributed by atoms with E-state index >= 15 is 0 Å². The lowest BCUT2D eigenvalue weighted by Crippen LogP contribution is -2.07. The zero-order valence-corrected chi connectivity index (χ0v) is 8.95. The quantitative estimate of drug-likeness (QED) is 0.820. The van der Waals surface area contributed by atoms with Crippen LogP contribution in [0.3, 0.4) is 0 Å². The second-order valence-electron chi connectivity index (χ2n) is 4.71. The van der Waals surface area contributed by atoms with Gasteiger partial charge in [-0.25, -0.2) is 9.97 Å². The van der Waals surface area contributed by atoms with Crippen molar-refractivity contribution in [2.24, 2.45) is 0 Å². The molecule has 0 atom stereocenters. The molecule has 3 heteroatoms. The summed E-state index contributed by atoms with van der Waals surface area (Å²) < 4.78 is 0. The van der Waals surface area contributed by atoms with Crippen molar-refractivity contribution < 1.29 is 0 Å². The molecule has 2 aliphatic carbocycles.